The van der Waals surface area contributed by atoms with Crippen molar-refractivity contribution >= 4 is 34.1 Å². The van der Waals surface area contributed by atoms with Crippen molar-refractivity contribution < 1.29 is 29.0 Å². The van der Waals surface area contributed by atoms with Gasteiger partial charge >= 0.3 is 5.97 Å². The van der Waals surface area contributed by atoms with Crippen molar-refractivity contribution in [3.05, 3.63) is 89.0 Å². The maximum absolute atomic E-state index is 13.9. The third-order valence-electron chi connectivity index (χ3n) is 10.6. The Kier molecular flexibility index (Phi) is 8.58. The van der Waals surface area contributed by atoms with Gasteiger partial charge in [0.2, 0.25) is 0 Å². The Hall–Kier alpha value is -4.85. The number of methoxy groups -OCH3 is 1. The fourth-order valence-corrected chi connectivity index (χ4v) is 7.84. The lowest BCUT2D eigenvalue weighted by atomic mass is 9.72. The average Bonchev–Trinajstić information content (AvgIpc) is 3.27. The first kappa shape index (κ1) is 31.7. The van der Waals surface area contributed by atoms with E-state index in [0.29, 0.717) is 43.0 Å². The van der Waals surface area contributed by atoms with Crippen LogP contribution in [0.5, 0.6) is 11.5 Å². The number of carboxylic acids is 1. The van der Waals surface area contributed by atoms with Gasteiger partial charge in [-0.2, -0.15) is 0 Å². The van der Waals surface area contributed by atoms with Crippen LogP contribution in [0, 0.1) is 0 Å². The Morgan fingerprint density at radius 2 is 1.73 bits per heavy atom. The summed E-state index contributed by atoms with van der Waals surface area (Å²) in [5.41, 5.74) is 6.51. The predicted octanol–water partition coefficient (Wildman–Crippen LogP) is 7.71. The molecule has 0 saturated heterocycles. The summed E-state index contributed by atoms with van der Waals surface area (Å²) in [6.45, 7) is 2.91. The quantitative estimate of drug-likeness (QED) is 0.181. The van der Waals surface area contributed by atoms with Crippen molar-refractivity contribution in [1.82, 2.24) is 9.88 Å². The Labute approximate surface area is 280 Å². The Morgan fingerprint density at radius 1 is 0.979 bits per heavy atom. The third kappa shape index (κ3) is 5.89. The highest BCUT2D eigenvalue weighted by molar-refractivity contribution is 6.04. The van der Waals surface area contributed by atoms with E-state index in [-0.39, 0.29) is 18.1 Å². The van der Waals surface area contributed by atoms with Crippen molar-refractivity contribution in [2.45, 2.75) is 82.7 Å². The van der Waals surface area contributed by atoms with E-state index in [9.17, 15) is 14.4 Å². The molecule has 0 bridgehead atoms. The van der Waals surface area contributed by atoms with Crippen molar-refractivity contribution in [2.75, 3.05) is 13.7 Å². The van der Waals surface area contributed by atoms with Gasteiger partial charge in [0.1, 0.15) is 18.1 Å². The normalized spacial score (nSPS) is 17.3. The summed E-state index contributed by atoms with van der Waals surface area (Å²) >= 11 is 0. The number of rotatable bonds is 9. The molecule has 4 aromatic rings. The molecule has 2 saturated carbocycles. The van der Waals surface area contributed by atoms with E-state index < -0.39 is 11.5 Å². The molecule has 0 spiro atoms. The highest BCUT2D eigenvalue weighted by atomic mass is 16.5. The van der Waals surface area contributed by atoms with Crippen LogP contribution in [0.2, 0.25) is 0 Å². The number of aromatic nitrogens is 1. The van der Waals surface area contributed by atoms with Crippen LogP contribution < -0.4 is 14.8 Å². The number of aliphatic carboxylic acids is 1. The fraction of sp³-hybridized carbons (Fsp3) is 0.375. The fourth-order valence-electron chi connectivity index (χ4n) is 7.84. The third-order valence-corrected chi connectivity index (χ3v) is 10.6. The first-order valence-electron chi connectivity index (χ1n) is 17.1. The molecular formula is C40H42N2O6. The molecule has 1 aromatic heterocycles. The van der Waals surface area contributed by atoms with Crippen LogP contribution in [0.1, 0.15) is 91.3 Å². The number of allylic oxidation sites excluding steroid dienone is 1. The van der Waals surface area contributed by atoms with E-state index in [4.69, 9.17) is 14.6 Å². The maximum Gasteiger partial charge on any atom is 0.328 e. The lowest BCUT2D eigenvalue weighted by Crippen LogP contribution is -2.59. The van der Waals surface area contributed by atoms with E-state index in [1.165, 1.54) is 42.0 Å². The highest BCUT2D eigenvalue weighted by Gasteiger charge is 2.45. The minimum atomic E-state index is -0.994. The Morgan fingerprint density at radius 3 is 2.42 bits per heavy atom. The van der Waals surface area contributed by atoms with E-state index >= 15 is 0 Å². The number of hydrogen-bond donors (Lipinski definition) is 2. The van der Waals surface area contributed by atoms with Gasteiger partial charge in [0.05, 0.1) is 24.9 Å². The van der Waals surface area contributed by atoms with Gasteiger partial charge in [0, 0.05) is 40.6 Å². The zero-order valence-corrected chi connectivity index (χ0v) is 27.6. The summed E-state index contributed by atoms with van der Waals surface area (Å²) in [6.07, 6.45) is 9.45. The number of carbonyl (C=O) groups is 3. The van der Waals surface area contributed by atoms with Gasteiger partial charge in [0.25, 0.3) is 5.91 Å². The van der Waals surface area contributed by atoms with Crippen LogP contribution >= 0.6 is 0 Å². The predicted molar refractivity (Wildman–Crippen MR) is 186 cm³/mol. The van der Waals surface area contributed by atoms with Crippen LogP contribution in [-0.2, 0) is 22.6 Å². The monoisotopic (exact) mass is 646 g/mol. The molecule has 2 fully saturated rings. The van der Waals surface area contributed by atoms with Crippen LogP contribution in [0.4, 0.5) is 0 Å². The first-order valence-corrected chi connectivity index (χ1v) is 17.1. The minimum Gasteiger partial charge on any atom is -0.497 e. The zero-order valence-electron chi connectivity index (χ0n) is 27.6. The van der Waals surface area contributed by atoms with Gasteiger partial charge in [-0.05, 0) is 91.5 Å². The standard InChI is InChI=1S/C40H42N2O6/c1-25(21-36(44)45)27-11-9-26(10-12-27)22-35(43)40(17-6-18-40)41-39(46)29-13-15-31-33(23-29)42-19-20-48-34-24-30(47-2)14-16-32(34)38(42)37(31)28-7-4-3-5-8-28/h9-16,21,23-24,28H,3-8,17-20,22H2,1-2H3,(H,41,46)(H,44,45)/b25-21+. The topological polar surface area (TPSA) is 107 Å². The number of ether oxygens (including phenoxy) is 2. The SMILES string of the molecule is COc1ccc2c(c1)OCCn1c-2c(C2CCCCC2)c2ccc(C(=O)NC3(C(=O)Cc4ccc(/C(C)=C/C(=O)O)cc4)CCC3)cc21. The minimum absolute atomic E-state index is 0.00551. The van der Waals surface area contributed by atoms with Gasteiger partial charge in [-0.15, -0.1) is 0 Å². The van der Waals surface area contributed by atoms with Crippen molar-refractivity contribution in [3.63, 3.8) is 0 Å². The highest BCUT2D eigenvalue weighted by Crippen LogP contribution is 2.48. The number of nitrogens with one attached hydrogen (secondary N) is 1. The number of amides is 1. The second-order valence-electron chi connectivity index (χ2n) is 13.5. The number of carboxylic acid groups (broad SMARTS) is 1. The number of Topliss-reactive ketones (excluding diaryl/α,β-unsaturated/α-hetero) is 1. The van der Waals surface area contributed by atoms with Crippen molar-refractivity contribution in [3.8, 4) is 22.8 Å². The van der Waals surface area contributed by atoms with Gasteiger partial charge < -0.3 is 24.5 Å². The number of fused-ring (bicyclic) bond motifs is 5. The summed E-state index contributed by atoms with van der Waals surface area (Å²) in [5.74, 6) is 0.778. The molecule has 0 radical (unpaired) electrons. The summed E-state index contributed by atoms with van der Waals surface area (Å²) in [4.78, 5) is 38.7. The van der Waals surface area contributed by atoms with Crippen LogP contribution in [-0.4, -0.2) is 46.6 Å². The Balaban J connectivity index is 1.18. The lowest BCUT2D eigenvalue weighted by Gasteiger charge is -2.41. The average molecular weight is 647 g/mol. The molecule has 1 aliphatic heterocycles. The molecule has 0 atom stereocenters. The molecule has 2 N–H and O–H groups in total. The van der Waals surface area contributed by atoms with E-state index in [1.807, 2.05) is 48.5 Å². The molecule has 1 amide bonds. The molecular weight excluding hydrogens is 604 g/mol. The molecule has 0 unspecified atom stereocenters. The van der Waals surface area contributed by atoms with Crippen LogP contribution in [0.15, 0.2) is 66.7 Å². The van der Waals surface area contributed by atoms with Gasteiger partial charge in [-0.3, -0.25) is 9.59 Å². The molecule has 8 nitrogen and oxygen atoms in total. The maximum atomic E-state index is 13.9. The number of ketones is 1. The van der Waals surface area contributed by atoms with E-state index in [1.54, 1.807) is 14.0 Å². The molecule has 3 aliphatic rings. The molecule has 7 rings (SSSR count). The number of hydrogen-bond acceptors (Lipinski definition) is 5. The lowest BCUT2D eigenvalue weighted by molar-refractivity contribution is -0.131. The van der Waals surface area contributed by atoms with Gasteiger partial charge in [-0.25, -0.2) is 4.79 Å². The molecule has 48 heavy (non-hydrogen) atoms. The van der Waals surface area contributed by atoms with Crippen molar-refractivity contribution in [1.29, 1.82) is 0 Å². The number of benzene rings is 3. The molecule has 2 heterocycles. The van der Waals surface area contributed by atoms with Crippen LogP contribution in [0.25, 0.3) is 27.7 Å². The smallest absolute Gasteiger partial charge is 0.328 e. The summed E-state index contributed by atoms with van der Waals surface area (Å²) in [5, 5.41) is 13.4. The van der Waals surface area contributed by atoms with Crippen LogP contribution in [0.3, 0.4) is 0 Å². The van der Waals surface area contributed by atoms with E-state index in [2.05, 4.69) is 22.0 Å². The molecule has 3 aromatic carbocycles. The molecule has 8 heteroatoms. The number of nitrogens with zero attached hydrogens (tertiary/aromatic N) is 1. The van der Waals surface area contributed by atoms with E-state index in [0.717, 1.165) is 53.0 Å². The van der Waals surface area contributed by atoms with Crippen molar-refractivity contribution in [2.24, 2.45) is 0 Å². The van der Waals surface area contributed by atoms with Gasteiger partial charge in [0.15, 0.2) is 5.78 Å². The first-order chi connectivity index (χ1) is 23.3. The number of carbonyl (C=O) groups excluding carboxylic acids is 2. The summed E-state index contributed by atoms with van der Waals surface area (Å²) < 4.78 is 14.1. The largest absolute Gasteiger partial charge is 0.497 e. The Bertz CT molecular complexity index is 1930. The molecule has 2 aliphatic carbocycles. The second kappa shape index (κ2) is 13.0. The summed E-state index contributed by atoms with van der Waals surface area (Å²) in [6, 6.07) is 19.4. The zero-order chi connectivity index (χ0) is 33.4. The van der Waals surface area contributed by atoms with Gasteiger partial charge in [-0.1, -0.05) is 49.6 Å². The molecule has 248 valence electrons. The second-order valence-corrected chi connectivity index (χ2v) is 13.5. The summed E-state index contributed by atoms with van der Waals surface area (Å²) in [7, 11) is 1.67.